The molecule has 2 amide bonds. The van der Waals surface area contributed by atoms with Gasteiger partial charge in [-0.1, -0.05) is 22.0 Å². The molecule has 6 heteroatoms. The number of nitrogens with zero attached hydrogens (tertiary/aromatic N) is 1. The van der Waals surface area contributed by atoms with Crippen LogP contribution in [0, 0.1) is 0 Å². The quantitative estimate of drug-likeness (QED) is 0.668. The molecule has 0 spiro atoms. The number of nitrogens with one attached hydrogen (secondary N) is 1. The van der Waals surface area contributed by atoms with Gasteiger partial charge in [-0.25, -0.2) is 0 Å². The first-order valence-electron chi connectivity index (χ1n) is 8.08. The molecule has 1 aromatic carbocycles. The molecule has 1 N–H and O–H groups in total. The lowest BCUT2D eigenvalue weighted by Crippen LogP contribution is -2.30. The van der Waals surface area contributed by atoms with E-state index in [1.807, 2.05) is 29.2 Å². The van der Waals surface area contributed by atoms with Crippen molar-refractivity contribution in [2.75, 3.05) is 26.2 Å². The second-order valence-corrected chi connectivity index (χ2v) is 6.51. The van der Waals surface area contributed by atoms with E-state index in [2.05, 4.69) is 21.2 Å². The van der Waals surface area contributed by atoms with Crippen molar-refractivity contribution < 1.29 is 14.3 Å². The van der Waals surface area contributed by atoms with Gasteiger partial charge in [0.15, 0.2) is 0 Å². The summed E-state index contributed by atoms with van der Waals surface area (Å²) in [5, 5.41) is 2.89. The molecule has 0 saturated carbocycles. The highest BCUT2D eigenvalue weighted by Gasteiger charge is 2.18. The van der Waals surface area contributed by atoms with Crippen LogP contribution in [0.2, 0.25) is 0 Å². The Balaban J connectivity index is 1.49. The number of hydrogen-bond acceptors (Lipinski definition) is 3. The first-order valence-corrected chi connectivity index (χ1v) is 8.87. The number of halogens is 1. The van der Waals surface area contributed by atoms with Gasteiger partial charge in [0.2, 0.25) is 11.8 Å². The number of hydrogen-bond donors (Lipinski definition) is 1. The summed E-state index contributed by atoms with van der Waals surface area (Å²) in [4.78, 5) is 25.0. The minimum Gasteiger partial charge on any atom is -0.494 e. The Morgan fingerprint density at radius 3 is 2.96 bits per heavy atom. The number of amides is 2. The summed E-state index contributed by atoms with van der Waals surface area (Å²) in [6.45, 7) is 2.74. The fourth-order valence-corrected chi connectivity index (χ4v) is 2.88. The molecule has 0 aliphatic carbocycles. The van der Waals surface area contributed by atoms with E-state index in [0.29, 0.717) is 32.4 Å². The first kappa shape index (κ1) is 17.8. The van der Waals surface area contributed by atoms with Crippen LogP contribution >= 0.6 is 15.9 Å². The average Bonchev–Trinajstić information content (AvgIpc) is 2.93. The lowest BCUT2D eigenvalue weighted by molar-refractivity contribution is -0.127. The zero-order valence-corrected chi connectivity index (χ0v) is 14.8. The second-order valence-electron chi connectivity index (χ2n) is 5.60. The largest absolute Gasteiger partial charge is 0.494 e. The highest BCUT2D eigenvalue weighted by molar-refractivity contribution is 9.10. The van der Waals surface area contributed by atoms with Crippen molar-refractivity contribution in [1.82, 2.24) is 10.2 Å². The maximum atomic E-state index is 11.7. The number of rotatable bonds is 9. The maximum Gasteiger partial charge on any atom is 0.222 e. The van der Waals surface area contributed by atoms with Gasteiger partial charge >= 0.3 is 0 Å². The van der Waals surface area contributed by atoms with Gasteiger partial charge in [-0.05, 0) is 37.5 Å². The van der Waals surface area contributed by atoms with Crippen LogP contribution < -0.4 is 10.1 Å². The van der Waals surface area contributed by atoms with Gasteiger partial charge in [0.05, 0.1) is 6.61 Å². The zero-order valence-electron chi connectivity index (χ0n) is 13.2. The summed E-state index contributed by atoms with van der Waals surface area (Å²) in [5.74, 6) is 1.08. The molecular weight excluding hydrogens is 360 g/mol. The smallest absolute Gasteiger partial charge is 0.222 e. The van der Waals surface area contributed by atoms with Gasteiger partial charge in [-0.2, -0.15) is 0 Å². The van der Waals surface area contributed by atoms with Crippen LogP contribution in [0.15, 0.2) is 28.7 Å². The van der Waals surface area contributed by atoms with Crippen molar-refractivity contribution in [3.05, 3.63) is 28.7 Å². The van der Waals surface area contributed by atoms with Gasteiger partial charge in [0.25, 0.3) is 0 Å². The summed E-state index contributed by atoms with van der Waals surface area (Å²) < 4.78 is 6.56. The van der Waals surface area contributed by atoms with E-state index >= 15 is 0 Å². The monoisotopic (exact) mass is 382 g/mol. The third kappa shape index (κ3) is 6.60. The predicted octanol–water partition coefficient (Wildman–Crippen LogP) is 2.74. The topological polar surface area (TPSA) is 58.6 Å². The maximum absolute atomic E-state index is 11.7. The van der Waals surface area contributed by atoms with Crippen LogP contribution in [-0.2, 0) is 9.59 Å². The lowest BCUT2D eigenvalue weighted by atomic mass is 10.3. The van der Waals surface area contributed by atoms with Crippen molar-refractivity contribution in [2.24, 2.45) is 0 Å². The minimum atomic E-state index is 0.0376. The Bertz CT molecular complexity index is 536. The van der Waals surface area contributed by atoms with Crippen LogP contribution in [0.3, 0.4) is 0 Å². The number of carbonyl (C=O) groups is 2. The molecule has 126 valence electrons. The summed E-state index contributed by atoms with van der Waals surface area (Å²) in [5.41, 5.74) is 0. The molecule has 0 bridgehead atoms. The molecule has 0 aromatic heterocycles. The van der Waals surface area contributed by atoms with Gasteiger partial charge in [0, 0.05) is 36.9 Å². The van der Waals surface area contributed by atoms with Gasteiger partial charge < -0.3 is 15.0 Å². The summed E-state index contributed by atoms with van der Waals surface area (Å²) in [6.07, 6.45) is 3.58. The SMILES string of the molecule is O=C(CCCOc1cccc(Br)c1)NCCCN1CCCC1=O. The molecule has 5 nitrogen and oxygen atoms in total. The number of carbonyl (C=O) groups excluding carboxylic acids is 2. The number of ether oxygens (including phenoxy) is 1. The normalized spacial score (nSPS) is 14.1. The molecule has 23 heavy (non-hydrogen) atoms. The van der Waals surface area contributed by atoms with Gasteiger partial charge in [0.1, 0.15) is 5.75 Å². The standard InChI is InChI=1S/C17H23BrN2O3/c18-14-5-1-6-15(13-14)23-12-3-7-16(21)19-9-4-11-20-10-2-8-17(20)22/h1,5-6,13H,2-4,7-12H2,(H,19,21). The molecule has 1 aliphatic heterocycles. The Hall–Kier alpha value is -1.56. The fraction of sp³-hybridized carbons (Fsp3) is 0.529. The number of likely N-dealkylation sites (tertiary alicyclic amines) is 1. The highest BCUT2D eigenvalue weighted by Crippen LogP contribution is 2.17. The summed E-state index contributed by atoms with van der Waals surface area (Å²) in [6, 6.07) is 7.65. The Labute approximate surface area is 145 Å². The fourth-order valence-electron chi connectivity index (χ4n) is 2.51. The van der Waals surface area contributed by atoms with Crippen LogP contribution in [0.5, 0.6) is 5.75 Å². The van der Waals surface area contributed by atoms with E-state index in [9.17, 15) is 9.59 Å². The van der Waals surface area contributed by atoms with E-state index in [-0.39, 0.29) is 11.8 Å². The van der Waals surface area contributed by atoms with Crippen molar-refractivity contribution in [1.29, 1.82) is 0 Å². The molecule has 1 aromatic rings. The Morgan fingerprint density at radius 1 is 1.35 bits per heavy atom. The lowest BCUT2D eigenvalue weighted by Gasteiger charge is -2.15. The van der Waals surface area contributed by atoms with Crippen LogP contribution in [0.4, 0.5) is 0 Å². The van der Waals surface area contributed by atoms with Crippen molar-refractivity contribution >= 4 is 27.7 Å². The summed E-state index contributed by atoms with van der Waals surface area (Å²) >= 11 is 3.39. The van der Waals surface area contributed by atoms with Crippen molar-refractivity contribution in [2.45, 2.75) is 32.1 Å². The molecule has 0 unspecified atom stereocenters. The van der Waals surface area contributed by atoms with E-state index in [0.717, 1.165) is 36.2 Å². The van der Waals surface area contributed by atoms with E-state index in [1.54, 1.807) is 0 Å². The predicted molar refractivity (Wildman–Crippen MR) is 92.3 cm³/mol. The van der Waals surface area contributed by atoms with Crippen LogP contribution in [-0.4, -0.2) is 43.0 Å². The van der Waals surface area contributed by atoms with Gasteiger partial charge in [-0.3, -0.25) is 9.59 Å². The molecular formula is C17H23BrN2O3. The third-order valence-corrected chi connectivity index (χ3v) is 4.20. The number of benzene rings is 1. The first-order chi connectivity index (χ1) is 11.1. The third-order valence-electron chi connectivity index (χ3n) is 3.71. The Morgan fingerprint density at radius 2 is 2.22 bits per heavy atom. The molecule has 0 atom stereocenters. The molecule has 1 fully saturated rings. The highest BCUT2D eigenvalue weighted by atomic mass is 79.9. The van der Waals surface area contributed by atoms with E-state index in [1.165, 1.54) is 0 Å². The zero-order chi connectivity index (χ0) is 16.5. The van der Waals surface area contributed by atoms with Crippen molar-refractivity contribution in [3.63, 3.8) is 0 Å². The van der Waals surface area contributed by atoms with Crippen molar-refractivity contribution in [3.8, 4) is 5.75 Å². The van der Waals surface area contributed by atoms with Crippen LogP contribution in [0.1, 0.15) is 32.1 Å². The van der Waals surface area contributed by atoms with Crippen LogP contribution in [0.25, 0.3) is 0 Å². The molecule has 1 heterocycles. The molecule has 1 saturated heterocycles. The Kier molecular flexibility index (Phi) is 7.39. The molecule has 2 rings (SSSR count). The summed E-state index contributed by atoms with van der Waals surface area (Å²) in [7, 11) is 0. The second kappa shape index (κ2) is 9.55. The molecule has 1 aliphatic rings. The van der Waals surface area contributed by atoms with E-state index < -0.39 is 0 Å². The van der Waals surface area contributed by atoms with E-state index in [4.69, 9.17) is 4.74 Å². The average molecular weight is 383 g/mol. The minimum absolute atomic E-state index is 0.0376. The molecule has 0 radical (unpaired) electrons. The van der Waals surface area contributed by atoms with Gasteiger partial charge in [-0.15, -0.1) is 0 Å².